The number of aromatic nitrogens is 2. The van der Waals surface area contributed by atoms with Gasteiger partial charge in [-0.3, -0.25) is 0 Å². The maximum absolute atomic E-state index is 5.94. The summed E-state index contributed by atoms with van der Waals surface area (Å²) in [5.41, 5.74) is 2.33. The van der Waals surface area contributed by atoms with E-state index in [9.17, 15) is 0 Å². The van der Waals surface area contributed by atoms with Crippen LogP contribution >= 0.6 is 0 Å². The van der Waals surface area contributed by atoms with Crippen molar-refractivity contribution < 1.29 is 4.74 Å². The smallest absolute Gasteiger partial charge is 0.203 e. The normalized spacial score (nSPS) is 17.1. The number of nitrogens with one attached hydrogen (secondary N) is 1. The predicted octanol–water partition coefficient (Wildman–Crippen LogP) is 3.19. The Balaban J connectivity index is 1.64. The van der Waals surface area contributed by atoms with Crippen LogP contribution in [0.25, 0.3) is 0 Å². The number of para-hydroxylation sites is 1. The van der Waals surface area contributed by atoms with E-state index in [4.69, 9.17) is 4.74 Å². The molecule has 1 atom stereocenters. The van der Waals surface area contributed by atoms with Gasteiger partial charge in [-0.05, 0) is 32.4 Å². The number of ether oxygens (including phenoxy) is 1. The molecule has 2 heterocycles. The Morgan fingerprint density at radius 3 is 2.95 bits per heavy atom. The summed E-state index contributed by atoms with van der Waals surface area (Å²) in [6, 6.07) is 8.65. The molecule has 1 aliphatic heterocycles. The third-order valence-corrected chi connectivity index (χ3v) is 3.61. The standard InChI is InChI=1S/C16H21N3O/c1-11(2)19-10-12(3)18-16(19)17-9-14-8-13-6-4-5-7-15(13)20-14/h4-7,10-11,14H,8-9H2,1-3H3,(H,17,18). The number of rotatable bonds is 4. The highest BCUT2D eigenvalue weighted by molar-refractivity contribution is 5.38. The molecule has 0 fully saturated rings. The Morgan fingerprint density at radius 2 is 2.20 bits per heavy atom. The average Bonchev–Trinajstić information content (AvgIpc) is 2.99. The van der Waals surface area contributed by atoms with Gasteiger partial charge in [-0.25, -0.2) is 4.98 Å². The van der Waals surface area contributed by atoms with Crippen LogP contribution in [0.5, 0.6) is 5.75 Å². The Bertz CT molecular complexity index is 579. The van der Waals surface area contributed by atoms with Crippen molar-refractivity contribution in [3.63, 3.8) is 0 Å². The number of anilines is 1. The molecule has 2 aromatic rings. The van der Waals surface area contributed by atoms with E-state index in [1.54, 1.807) is 0 Å². The quantitative estimate of drug-likeness (QED) is 0.928. The van der Waals surface area contributed by atoms with Crippen molar-refractivity contribution in [2.75, 3.05) is 11.9 Å². The van der Waals surface area contributed by atoms with Gasteiger partial charge in [0.05, 0.1) is 12.2 Å². The summed E-state index contributed by atoms with van der Waals surface area (Å²) in [5.74, 6) is 1.94. The number of fused-ring (bicyclic) bond motifs is 1. The van der Waals surface area contributed by atoms with Gasteiger partial charge in [0, 0.05) is 18.7 Å². The lowest BCUT2D eigenvalue weighted by Crippen LogP contribution is -2.25. The number of imidazole rings is 1. The molecule has 4 heteroatoms. The number of nitrogens with zero attached hydrogens (tertiary/aromatic N) is 2. The van der Waals surface area contributed by atoms with E-state index in [2.05, 4.69) is 47.0 Å². The minimum atomic E-state index is 0.185. The van der Waals surface area contributed by atoms with E-state index >= 15 is 0 Å². The minimum Gasteiger partial charge on any atom is -0.488 e. The summed E-state index contributed by atoms with van der Waals surface area (Å²) in [7, 11) is 0. The van der Waals surface area contributed by atoms with Crippen LogP contribution in [-0.2, 0) is 6.42 Å². The van der Waals surface area contributed by atoms with Gasteiger partial charge in [-0.2, -0.15) is 0 Å². The Kier molecular flexibility index (Phi) is 3.38. The maximum atomic E-state index is 5.94. The molecular weight excluding hydrogens is 250 g/mol. The average molecular weight is 271 g/mol. The van der Waals surface area contributed by atoms with E-state index in [0.717, 1.165) is 30.4 Å². The van der Waals surface area contributed by atoms with E-state index < -0.39 is 0 Å². The first-order valence-electron chi connectivity index (χ1n) is 7.17. The summed E-state index contributed by atoms with van der Waals surface area (Å²) in [6.07, 6.45) is 3.23. The van der Waals surface area contributed by atoms with Crippen LogP contribution in [0.15, 0.2) is 30.5 Å². The molecular formula is C16H21N3O. The fourth-order valence-corrected chi connectivity index (χ4v) is 2.61. The summed E-state index contributed by atoms with van der Waals surface area (Å²) in [4.78, 5) is 4.54. The number of hydrogen-bond acceptors (Lipinski definition) is 3. The first-order valence-corrected chi connectivity index (χ1v) is 7.17. The molecule has 4 nitrogen and oxygen atoms in total. The van der Waals surface area contributed by atoms with Gasteiger partial charge < -0.3 is 14.6 Å². The van der Waals surface area contributed by atoms with E-state index in [0.29, 0.717) is 6.04 Å². The largest absolute Gasteiger partial charge is 0.488 e. The minimum absolute atomic E-state index is 0.185. The molecule has 20 heavy (non-hydrogen) atoms. The maximum Gasteiger partial charge on any atom is 0.203 e. The second-order valence-electron chi connectivity index (χ2n) is 5.64. The monoisotopic (exact) mass is 271 g/mol. The second-order valence-corrected chi connectivity index (χ2v) is 5.64. The molecule has 0 bridgehead atoms. The molecule has 1 aromatic carbocycles. The first-order chi connectivity index (χ1) is 9.63. The fraction of sp³-hybridized carbons (Fsp3) is 0.438. The lowest BCUT2D eigenvalue weighted by molar-refractivity contribution is 0.246. The van der Waals surface area contributed by atoms with Crippen molar-refractivity contribution in [2.45, 2.75) is 39.3 Å². The van der Waals surface area contributed by atoms with E-state index in [1.807, 2.05) is 19.1 Å². The zero-order valence-electron chi connectivity index (χ0n) is 12.3. The second kappa shape index (κ2) is 5.19. The lowest BCUT2D eigenvalue weighted by Gasteiger charge is -2.15. The number of aryl methyl sites for hydroxylation is 1. The SMILES string of the molecule is Cc1cn(C(C)C)c(NCC2Cc3ccccc3O2)n1. The van der Waals surface area contributed by atoms with Crippen molar-refractivity contribution in [1.82, 2.24) is 9.55 Å². The molecule has 1 aromatic heterocycles. The van der Waals surface area contributed by atoms with Crippen molar-refractivity contribution >= 4 is 5.95 Å². The van der Waals surface area contributed by atoms with Gasteiger partial charge in [-0.15, -0.1) is 0 Å². The van der Waals surface area contributed by atoms with E-state index in [-0.39, 0.29) is 6.10 Å². The Morgan fingerprint density at radius 1 is 1.40 bits per heavy atom. The zero-order valence-corrected chi connectivity index (χ0v) is 12.3. The molecule has 106 valence electrons. The zero-order chi connectivity index (χ0) is 14.1. The summed E-state index contributed by atoms with van der Waals surface area (Å²) in [5, 5.41) is 3.42. The first kappa shape index (κ1) is 13.0. The molecule has 1 unspecified atom stereocenters. The summed E-state index contributed by atoms with van der Waals surface area (Å²) < 4.78 is 8.10. The van der Waals surface area contributed by atoms with Crippen LogP contribution in [0.2, 0.25) is 0 Å². The highest BCUT2D eigenvalue weighted by Crippen LogP contribution is 2.28. The van der Waals surface area contributed by atoms with Gasteiger partial charge in [-0.1, -0.05) is 18.2 Å². The molecule has 1 aliphatic rings. The summed E-state index contributed by atoms with van der Waals surface area (Å²) >= 11 is 0. The third-order valence-electron chi connectivity index (χ3n) is 3.61. The molecule has 0 aliphatic carbocycles. The highest BCUT2D eigenvalue weighted by atomic mass is 16.5. The highest BCUT2D eigenvalue weighted by Gasteiger charge is 2.22. The van der Waals surface area contributed by atoms with Gasteiger partial charge in [0.15, 0.2) is 0 Å². The van der Waals surface area contributed by atoms with Crippen molar-refractivity contribution in [2.24, 2.45) is 0 Å². The van der Waals surface area contributed by atoms with Crippen LogP contribution in [0.3, 0.4) is 0 Å². The van der Waals surface area contributed by atoms with Crippen molar-refractivity contribution in [3.05, 3.63) is 41.7 Å². The van der Waals surface area contributed by atoms with Crippen molar-refractivity contribution in [1.29, 1.82) is 0 Å². The van der Waals surface area contributed by atoms with Crippen LogP contribution in [0, 0.1) is 6.92 Å². The van der Waals surface area contributed by atoms with E-state index in [1.165, 1.54) is 5.56 Å². The number of benzene rings is 1. The van der Waals surface area contributed by atoms with Crippen molar-refractivity contribution in [3.8, 4) is 5.75 Å². The van der Waals surface area contributed by atoms with Crippen LogP contribution in [0.4, 0.5) is 5.95 Å². The molecule has 0 spiro atoms. The van der Waals surface area contributed by atoms with Crippen LogP contribution in [-0.4, -0.2) is 22.2 Å². The molecule has 0 saturated heterocycles. The van der Waals surface area contributed by atoms with Crippen LogP contribution in [0.1, 0.15) is 31.1 Å². The van der Waals surface area contributed by atoms with Gasteiger partial charge in [0.2, 0.25) is 5.95 Å². The topological polar surface area (TPSA) is 39.1 Å². The van der Waals surface area contributed by atoms with Gasteiger partial charge in [0.1, 0.15) is 11.9 Å². The lowest BCUT2D eigenvalue weighted by atomic mass is 10.1. The van der Waals surface area contributed by atoms with Gasteiger partial charge in [0.25, 0.3) is 0 Å². The van der Waals surface area contributed by atoms with Crippen LogP contribution < -0.4 is 10.1 Å². The Hall–Kier alpha value is -1.97. The van der Waals surface area contributed by atoms with Gasteiger partial charge >= 0.3 is 0 Å². The summed E-state index contributed by atoms with van der Waals surface area (Å²) in [6.45, 7) is 7.12. The molecule has 0 radical (unpaired) electrons. The molecule has 3 rings (SSSR count). The fourth-order valence-electron chi connectivity index (χ4n) is 2.61. The third kappa shape index (κ3) is 2.50. The Labute approximate surface area is 119 Å². The molecule has 0 amide bonds. The molecule has 0 saturated carbocycles. The predicted molar refractivity (Wildman–Crippen MR) is 80.4 cm³/mol. The number of hydrogen-bond donors (Lipinski definition) is 1. The molecule has 1 N–H and O–H groups in total.